The van der Waals surface area contributed by atoms with Crippen LogP contribution in [0.15, 0.2) is 36.5 Å². The molecule has 128 valence electrons. The first-order valence-electron chi connectivity index (χ1n) is 8.50. The molecule has 1 aliphatic rings. The number of carbonyl (C=O) groups is 1. The second-order valence-electron chi connectivity index (χ2n) is 6.24. The summed E-state index contributed by atoms with van der Waals surface area (Å²) in [7, 11) is 0. The fourth-order valence-electron chi connectivity index (χ4n) is 2.94. The van der Waals surface area contributed by atoms with Gasteiger partial charge in [0.2, 0.25) is 0 Å². The van der Waals surface area contributed by atoms with Gasteiger partial charge in [0.1, 0.15) is 0 Å². The van der Waals surface area contributed by atoms with Gasteiger partial charge in [0, 0.05) is 50.5 Å². The first-order chi connectivity index (χ1) is 11.7. The van der Waals surface area contributed by atoms with Crippen molar-refractivity contribution in [2.75, 3.05) is 32.7 Å². The Morgan fingerprint density at radius 2 is 1.96 bits per heavy atom. The van der Waals surface area contributed by atoms with Crippen LogP contribution in [0.1, 0.15) is 16.8 Å². The van der Waals surface area contributed by atoms with Crippen LogP contribution in [0.4, 0.5) is 4.79 Å². The van der Waals surface area contributed by atoms with Crippen LogP contribution >= 0.6 is 0 Å². The van der Waals surface area contributed by atoms with E-state index in [4.69, 9.17) is 0 Å². The van der Waals surface area contributed by atoms with Crippen molar-refractivity contribution in [2.45, 2.75) is 19.9 Å². The molecule has 3 rings (SSSR count). The molecule has 0 saturated carbocycles. The highest BCUT2D eigenvalue weighted by Crippen LogP contribution is 2.07. The molecule has 2 amide bonds. The lowest BCUT2D eigenvalue weighted by Gasteiger charge is -2.34. The van der Waals surface area contributed by atoms with Crippen LogP contribution in [0.3, 0.4) is 0 Å². The van der Waals surface area contributed by atoms with Gasteiger partial charge in [-0.3, -0.25) is 10.00 Å². The Bertz CT molecular complexity index is 646. The maximum absolute atomic E-state index is 12.3. The number of aryl methyl sites for hydroxylation is 1. The van der Waals surface area contributed by atoms with Gasteiger partial charge in [-0.25, -0.2) is 4.79 Å². The zero-order chi connectivity index (χ0) is 16.8. The summed E-state index contributed by atoms with van der Waals surface area (Å²) in [5.74, 6) is 0. The SMILES string of the molecule is Cc1[nH]ncc1CNC(=O)N1CCN(CCc2ccccc2)CC1. The molecule has 1 fully saturated rings. The molecule has 0 spiro atoms. The zero-order valence-corrected chi connectivity index (χ0v) is 14.2. The lowest BCUT2D eigenvalue weighted by atomic mass is 10.1. The molecule has 6 heteroatoms. The highest BCUT2D eigenvalue weighted by atomic mass is 16.2. The van der Waals surface area contributed by atoms with Crippen LogP contribution in [0.2, 0.25) is 0 Å². The summed E-state index contributed by atoms with van der Waals surface area (Å²) in [4.78, 5) is 16.6. The lowest BCUT2D eigenvalue weighted by Crippen LogP contribution is -2.51. The number of rotatable bonds is 5. The number of amides is 2. The van der Waals surface area contributed by atoms with Gasteiger partial charge in [0.25, 0.3) is 0 Å². The predicted molar refractivity (Wildman–Crippen MR) is 93.7 cm³/mol. The molecule has 0 atom stereocenters. The molecular formula is C18H25N5O. The van der Waals surface area contributed by atoms with Gasteiger partial charge in [-0.05, 0) is 18.9 Å². The number of H-pyrrole nitrogens is 1. The lowest BCUT2D eigenvalue weighted by molar-refractivity contribution is 0.140. The molecule has 1 aromatic carbocycles. The molecule has 2 aromatic rings. The number of nitrogens with one attached hydrogen (secondary N) is 2. The first kappa shape index (κ1) is 16.5. The van der Waals surface area contributed by atoms with E-state index in [0.29, 0.717) is 6.54 Å². The highest BCUT2D eigenvalue weighted by molar-refractivity contribution is 5.74. The summed E-state index contributed by atoms with van der Waals surface area (Å²) >= 11 is 0. The van der Waals surface area contributed by atoms with E-state index in [1.165, 1.54) is 5.56 Å². The molecule has 24 heavy (non-hydrogen) atoms. The average molecular weight is 327 g/mol. The summed E-state index contributed by atoms with van der Waals surface area (Å²) in [6, 6.07) is 10.6. The largest absolute Gasteiger partial charge is 0.334 e. The van der Waals surface area contributed by atoms with Gasteiger partial charge < -0.3 is 10.2 Å². The van der Waals surface area contributed by atoms with Crippen molar-refractivity contribution in [2.24, 2.45) is 0 Å². The number of benzene rings is 1. The predicted octanol–water partition coefficient (Wildman–Crippen LogP) is 1.79. The number of nitrogens with zero attached hydrogens (tertiary/aromatic N) is 3. The first-order valence-corrected chi connectivity index (χ1v) is 8.50. The smallest absolute Gasteiger partial charge is 0.317 e. The monoisotopic (exact) mass is 327 g/mol. The number of aromatic nitrogens is 2. The summed E-state index contributed by atoms with van der Waals surface area (Å²) in [6.45, 7) is 6.97. The maximum Gasteiger partial charge on any atom is 0.317 e. The maximum atomic E-state index is 12.3. The van der Waals surface area contributed by atoms with Gasteiger partial charge >= 0.3 is 6.03 Å². The minimum atomic E-state index is 0.0123. The van der Waals surface area contributed by atoms with Crippen LogP contribution in [-0.2, 0) is 13.0 Å². The second-order valence-corrected chi connectivity index (χ2v) is 6.24. The van der Waals surface area contributed by atoms with Crippen molar-refractivity contribution in [3.05, 3.63) is 53.3 Å². The zero-order valence-electron chi connectivity index (χ0n) is 14.2. The van der Waals surface area contributed by atoms with E-state index >= 15 is 0 Å². The van der Waals surface area contributed by atoms with E-state index in [-0.39, 0.29) is 6.03 Å². The minimum absolute atomic E-state index is 0.0123. The Hall–Kier alpha value is -2.34. The van der Waals surface area contributed by atoms with Gasteiger partial charge in [-0.15, -0.1) is 0 Å². The quantitative estimate of drug-likeness (QED) is 0.880. The summed E-state index contributed by atoms with van der Waals surface area (Å²) in [5, 5.41) is 9.83. The van der Waals surface area contributed by atoms with Gasteiger partial charge in [-0.2, -0.15) is 5.10 Å². The third kappa shape index (κ3) is 4.35. The molecule has 1 saturated heterocycles. The van der Waals surface area contributed by atoms with Crippen LogP contribution in [0, 0.1) is 6.92 Å². The molecule has 0 aliphatic carbocycles. The number of hydrogen-bond donors (Lipinski definition) is 2. The third-order valence-electron chi connectivity index (χ3n) is 4.58. The van der Waals surface area contributed by atoms with E-state index < -0.39 is 0 Å². The second kappa shape index (κ2) is 7.97. The topological polar surface area (TPSA) is 64.3 Å². The standard InChI is InChI=1S/C18H25N5O/c1-15-17(14-20-21-15)13-19-18(24)23-11-9-22(10-12-23)8-7-16-5-3-2-4-6-16/h2-6,14H,7-13H2,1H3,(H,19,24)(H,20,21). The summed E-state index contributed by atoms with van der Waals surface area (Å²) < 4.78 is 0. The molecule has 0 unspecified atom stereocenters. The molecule has 1 aromatic heterocycles. The minimum Gasteiger partial charge on any atom is -0.334 e. The van der Waals surface area contributed by atoms with Crippen molar-refractivity contribution in [3.63, 3.8) is 0 Å². The van der Waals surface area contributed by atoms with Crippen molar-refractivity contribution in [1.29, 1.82) is 0 Å². The van der Waals surface area contributed by atoms with Gasteiger partial charge in [-0.1, -0.05) is 30.3 Å². The van der Waals surface area contributed by atoms with Crippen LogP contribution < -0.4 is 5.32 Å². The normalized spacial score (nSPS) is 15.5. The molecule has 2 N–H and O–H groups in total. The number of urea groups is 1. The van der Waals surface area contributed by atoms with E-state index in [1.807, 2.05) is 17.9 Å². The molecule has 0 bridgehead atoms. The molecule has 6 nitrogen and oxygen atoms in total. The Balaban J connectivity index is 1.38. The highest BCUT2D eigenvalue weighted by Gasteiger charge is 2.20. The number of hydrogen-bond acceptors (Lipinski definition) is 3. The van der Waals surface area contributed by atoms with Crippen molar-refractivity contribution < 1.29 is 4.79 Å². The fraction of sp³-hybridized carbons (Fsp3) is 0.444. The Morgan fingerprint density at radius 1 is 1.21 bits per heavy atom. The number of piperazine rings is 1. The Labute approximate surface area is 142 Å². The fourth-order valence-corrected chi connectivity index (χ4v) is 2.94. The van der Waals surface area contributed by atoms with Crippen molar-refractivity contribution >= 4 is 6.03 Å². The van der Waals surface area contributed by atoms with E-state index in [1.54, 1.807) is 6.20 Å². The number of aromatic amines is 1. The van der Waals surface area contributed by atoms with E-state index in [2.05, 4.69) is 44.7 Å². The molecule has 1 aliphatic heterocycles. The van der Waals surface area contributed by atoms with Gasteiger partial charge in [0.15, 0.2) is 0 Å². The summed E-state index contributed by atoms with van der Waals surface area (Å²) in [6.07, 6.45) is 2.82. The Kier molecular flexibility index (Phi) is 5.48. The number of carbonyl (C=O) groups excluding carboxylic acids is 1. The third-order valence-corrected chi connectivity index (χ3v) is 4.58. The Morgan fingerprint density at radius 3 is 2.62 bits per heavy atom. The molecule has 2 heterocycles. The van der Waals surface area contributed by atoms with Crippen LogP contribution in [0.25, 0.3) is 0 Å². The molecular weight excluding hydrogens is 302 g/mol. The molecule has 0 radical (unpaired) electrons. The van der Waals surface area contributed by atoms with Crippen LogP contribution in [0.5, 0.6) is 0 Å². The van der Waals surface area contributed by atoms with Gasteiger partial charge in [0.05, 0.1) is 6.20 Å². The summed E-state index contributed by atoms with van der Waals surface area (Å²) in [5.41, 5.74) is 3.40. The van der Waals surface area contributed by atoms with E-state index in [0.717, 1.165) is 50.4 Å². The van der Waals surface area contributed by atoms with E-state index in [9.17, 15) is 4.79 Å². The van der Waals surface area contributed by atoms with Crippen LogP contribution in [-0.4, -0.2) is 58.8 Å². The van der Waals surface area contributed by atoms with Crippen molar-refractivity contribution in [3.8, 4) is 0 Å². The van der Waals surface area contributed by atoms with Crippen molar-refractivity contribution in [1.82, 2.24) is 25.3 Å². The average Bonchev–Trinajstić information content (AvgIpc) is 3.04.